The smallest absolute Gasteiger partial charge is 0.326 e. The predicted octanol–water partition coefficient (Wildman–Crippen LogP) is 3.28. The molecule has 1 aromatic carbocycles. The minimum absolute atomic E-state index is 0.300. The van der Waals surface area contributed by atoms with Gasteiger partial charge in [0, 0.05) is 16.8 Å². The van der Waals surface area contributed by atoms with Gasteiger partial charge < -0.3 is 9.84 Å². The number of nitrogens with one attached hydrogen (secondary N) is 2. The molecule has 2 N–H and O–H groups in total. The van der Waals surface area contributed by atoms with E-state index in [1.807, 2.05) is 0 Å². The number of hydrogen-bond donors (Lipinski definition) is 2. The molecular weight excluding hydrogens is 242 g/mol. The Hall–Kier alpha value is -2.01. The average molecular weight is 252 g/mol. The lowest BCUT2D eigenvalue weighted by atomic mass is 10.3. The number of amides is 2. The number of nitrogens with zero attached hydrogens (tertiary/aromatic N) is 1. The van der Waals surface area contributed by atoms with Crippen LogP contribution in [0.15, 0.2) is 34.9 Å². The van der Waals surface area contributed by atoms with E-state index in [9.17, 15) is 4.79 Å². The zero-order valence-electron chi connectivity index (χ0n) is 9.03. The summed E-state index contributed by atoms with van der Waals surface area (Å²) in [5.74, 6) is 0.300. The number of hydrogen-bond acceptors (Lipinski definition) is 3. The largest absolute Gasteiger partial charge is 0.338 e. The van der Waals surface area contributed by atoms with Crippen LogP contribution in [0.1, 0.15) is 5.69 Å². The van der Waals surface area contributed by atoms with Gasteiger partial charge in [-0.15, -0.1) is 0 Å². The molecule has 0 aliphatic rings. The van der Waals surface area contributed by atoms with Gasteiger partial charge in [-0.1, -0.05) is 16.8 Å². The lowest BCUT2D eigenvalue weighted by Crippen LogP contribution is -2.18. The Morgan fingerprint density at radius 1 is 1.29 bits per heavy atom. The van der Waals surface area contributed by atoms with Crippen LogP contribution in [-0.4, -0.2) is 11.2 Å². The maximum Gasteiger partial charge on any atom is 0.326 e. The summed E-state index contributed by atoms with van der Waals surface area (Å²) in [6.07, 6.45) is 0. The van der Waals surface area contributed by atoms with Crippen LogP contribution in [0.2, 0.25) is 5.02 Å². The van der Waals surface area contributed by atoms with Gasteiger partial charge in [0.25, 0.3) is 0 Å². The van der Waals surface area contributed by atoms with Crippen molar-refractivity contribution in [3.8, 4) is 0 Å². The van der Waals surface area contributed by atoms with E-state index in [4.69, 9.17) is 16.1 Å². The minimum atomic E-state index is -0.400. The SMILES string of the molecule is Cc1cc(NC(=O)Nc2ccc(Cl)cc2)on1. The molecule has 88 valence electrons. The summed E-state index contributed by atoms with van der Waals surface area (Å²) in [5.41, 5.74) is 1.34. The van der Waals surface area contributed by atoms with Gasteiger partial charge >= 0.3 is 6.03 Å². The van der Waals surface area contributed by atoms with Crippen molar-refractivity contribution in [3.63, 3.8) is 0 Å². The molecule has 2 rings (SSSR count). The summed E-state index contributed by atoms with van der Waals surface area (Å²) in [6.45, 7) is 1.77. The Morgan fingerprint density at radius 2 is 2.00 bits per heavy atom. The van der Waals surface area contributed by atoms with Crippen LogP contribution in [0.3, 0.4) is 0 Å². The second kappa shape index (κ2) is 4.88. The summed E-state index contributed by atoms with van der Waals surface area (Å²) in [6, 6.07) is 8.01. The lowest BCUT2D eigenvalue weighted by molar-refractivity contribution is 0.261. The molecule has 0 aliphatic heterocycles. The summed E-state index contributed by atoms with van der Waals surface area (Å²) in [4.78, 5) is 11.5. The number of aryl methyl sites for hydroxylation is 1. The first-order valence-corrected chi connectivity index (χ1v) is 5.28. The van der Waals surface area contributed by atoms with Gasteiger partial charge in [-0.05, 0) is 31.2 Å². The molecule has 0 radical (unpaired) electrons. The van der Waals surface area contributed by atoms with Gasteiger partial charge in [0.15, 0.2) is 0 Å². The third-order valence-corrected chi connectivity index (χ3v) is 2.22. The second-order valence-electron chi connectivity index (χ2n) is 3.42. The Morgan fingerprint density at radius 3 is 2.59 bits per heavy atom. The van der Waals surface area contributed by atoms with Crippen LogP contribution in [0.25, 0.3) is 0 Å². The molecule has 1 heterocycles. The van der Waals surface area contributed by atoms with Crippen molar-refractivity contribution in [1.82, 2.24) is 5.16 Å². The number of benzene rings is 1. The molecule has 0 fully saturated rings. The minimum Gasteiger partial charge on any atom is -0.338 e. The van der Waals surface area contributed by atoms with E-state index in [0.717, 1.165) is 0 Å². The normalized spacial score (nSPS) is 10.0. The van der Waals surface area contributed by atoms with Crippen molar-refractivity contribution in [2.45, 2.75) is 6.92 Å². The molecule has 0 saturated carbocycles. The highest BCUT2D eigenvalue weighted by molar-refractivity contribution is 6.30. The molecule has 0 unspecified atom stereocenters. The quantitative estimate of drug-likeness (QED) is 0.861. The maximum absolute atomic E-state index is 11.5. The highest BCUT2D eigenvalue weighted by atomic mass is 35.5. The summed E-state index contributed by atoms with van der Waals surface area (Å²) >= 11 is 5.73. The first kappa shape index (κ1) is 11.5. The second-order valence-corrected chi connectivity index (χ2v) is 3.85. The van der Waals surface area contributed by atoms with Gasteiger partial charge in [-0.3, -0.25) is 5.32 Å². The molecule has 5 nitrogen and oxygen atoms in total. The van der Waals surface area contributed by atoms with E-state index < -0.39 is 6.03 Å². The Balaban J connectivity index is 1.95. The van der Waals surface area contributed by atoms with Crippen molar-refractivity contribution >= 4 is 29.2 Å². The van der Waals surface area contributed by atoms with E-state index in [-0.39, 0.29) is 0 Å². The molecule has 2 aromatic rings. The van der Waals surface area contributed by atoms with Gasteiger partial charge in [0.1, 0.15) is 0 Å². The number of carbonyl (C=O) groups excluding carboxylic acids is 1. The van der Waals surface area contributed by atoms with Crippen LogP contribution in [0.4, 0.5) is 16.4 Å². The van der Waals surface area contributed by atoms with Crippen molar-refractivity contribution in [2.24, 2.45) is 0 Å². The molecule has 6 heteroatoms. The van der Waals surface area contributed by atoms with Crippen LogP contribution < -0.4 is 10.6 Å². The van der Waals surface area contributed by atoms with Crippen molar-refractivity contribution in [2.75, 3.05) is 10.6 Å². The van der Waals surface area contributed by atoms with Crippen molar-refractivity contribution < 1.29 is 9.32 Å². The summed E-state index contributed by atoms with van der Waals surface area (Å²) < 4.78 is 4.85. The predicted molar refractivity (Wildman–Crippen MR) is 65.3 cm³/mol. The fourth-order valence-corrected chi connectivity index (χ4v) is 1.36. The van der Waals surface area contributed by atoms with Crippen LogP contribution in [-0.2, 0) is 0 Å². The molecule has 0 bridgehead atoms. The van der Waals surface area contributed by atoms with Crippen molar-refractivity contribution in [1.29, 1.82) is 0 Å². The fraction of sp³-hybridized carbons (Fsp3) is 0.0909. The Kier molecular flexibility index (Phi) is 3.30. The van der Waals surface area contributed by atoms with Crippen LogP contribution >= 0.6 is 11.6 Å². The molecule has 0 saturated heterocycles. The van der Waals surface area contributed by atoms with E-state index in [1.54, 1.807) is 37.3 Å². The first-order chi connectivity index (χ1) is 8.13. The third-order valence-electron chi connectivity index (χ3n) is 1.97. The Labute approximate surface area is 103 Å². The van der Waals surface area contributed by atoms with E-state index in [2.05, 4.69) is 15.8 Å². The topological polar surface area (TPSA) is 67.2 Å². The molecule has 2 amide bonds. The number of carbonyl (C=O) groups is 1. The van der Waals surface area contributed by atoms with Gasteiger partial charge in [-0.2, -0.15) is 0 Å². The van der Waals surface area contributed by atoms with Gasteiger partial charge in [0.05, 0.1) is 5.69 Å². The van der Waals surface area contributed by atoms with E-state index >= 15 is 0 Å². The molecule has 0 atom stereocenters. The van der Waals surface area contributed by atoms with Crippen LogP contribution in [0, 0.1) is 6.92 Å². The van der Waals surface area contributed by atoms with E-state index in [1.165, 1.54) is 0 Å². The highest BCUT2D eigenvalue weighted by Crippen LogP contribution is 2.14. The maximum atomic E-state index is 11.5. The number of urea groups is 1. The standard InChI is InChI=1S/C11H10ClN3O2/c1-7-6-10(17-15-7)14-11(16)13-9-4-2-8(12)3-5-9/h2-6H,1H3,(H2,13,14,16). The fourth-order valence-electron chi connectivity index (χ4n) is 1.23. The van der Waals surface area contributed by atoms with E-state index in [0.29, 0.717) is 22.3 Å². The molecule has 0 aliphatic carbocycles. The number of anilines is 2. The number of aromatic nitrogens is 1. The first-order valence-electron chi connectivity index (χ1n) is 4.90. The monoisotopic (exact) mass is 251 g/mol. The Bertz CT molecular complexity index is 522. The highest BCUT2D eigenvalue weighted by Gasteiger charge is 2.06. The summed E-state index contributed by atoms with van der Waals surface area (Å²) in [5, 5.41) is 9.41. The lowest BCUT2D eigenvalue weighted by Gasteiger charge is -2.04. The van der Waals surface area contributed by atoms with Gasteiger partial charge in [-0.25, -0.2) is 4.79 Å². The third kappa shape index (κ3) is 3.22. The number of halogens is 1. The molecule has 17 heavy (non-hydrogen) atoms. The zero-order chi connectivity index (χ0) is 12.3. The van der Waals surface area contributed by atoms with Gasteiger partial charge in [0.2, 0.25) is 5.88 Å². The molecule has 0 spiro atoms. The average Bonchev–Trinajstić information content (AvgIpc) is 2.67. The number of rotatable bonds is 2. The zero-order valence-corrected chi connectivity index (χ0v) is 9.78. The van der Waals surface area contributed by atoms with Crippen LogP contribution in [0.5, 0.6) is 0 Å². The molecule has 1 aromatic heterocycles. The summed E-state index contributed by atoms with van der Waals surface area (Å²) in [7, 11) is 0. The van der Waals surface area contributed by atoms with Crippen molar-refractivity contribution in [3.05, 3.63) is 41.0 Å². The molecular formula is C11H10ClN3O2.